The second-order valence-electron chi connectivity index (χ2n) is 5.97. The van der Waals surface area contributed by atoms with E-state index < -0.39 is 17.2 Å². The van der Waals surface area contributed by atoms with Gasteiger partial charge in [0.15, 0.2) is 0 Å². The summed E-state index contributed by atoms with van der Waals surface area (Å²) < 4.78 is 26.0. The van der Waals surface area contributed by atoms with Crippen LogP contribution in [-0.4, -0.2) is 23.8 Å². The Kier molecular flexibility index (Phi) is 5.18. The number of nitrogens with zero attached hydrogens (tertiary/aromatic N) is 1. The lowest BCUT2D eigenvalue weighted by Crippen LogP contribution is -2.23. The van der Waals surface area contributed by atoms with Crippen LogP contribution in [0, 0.1) is 5.82 Å². The molecule has 7 heteroatoms. The van der Waals surface area contributed by atoms with E-state index in [1.54, 1.807) is 13.8 Å². The van der Waals surface area contributed by atoms with Crippen LogP contribution in [0.15, 0.2) is 23.1 Å². The van der Waals surface area contributed by atoms with Gasteiger partial charge in [0.25, 0.3) is 0 Å². The summed E-state index contributed by atoms with van der Waals surface area (Å²) in [5, 5.41) is 0.131. The fourth-order valence-electron chi connectivity index (χ4n) is 2.64. The molecule has 0 spiro atoms. The number of rotatable bonds is 4. The molecule has 24 heavy (non-hydrogen) atoms. The van der Waals surface area contributed by atoms with Gasteiger partial charge in [-0.15, -0.1) is 12.4 Å². The van der Waals surface area contributed by atoms with Crippen molar-refractivity contribution >= 4 is 29.3 Å². The zero-order chi connectivity index (χ0) is 16.7. The molecule has 1 heterocycles. The summed E-state index contributed by atoms with van der Waals surface area (Å²) in [5.74, 6) is -0.986. The van der Waals surface area contributed by atoms with Crippen LogP contribution in [0.3, 0.4) is 0 Å². The number of esters is 1. The Labute approximate surface area is 144 Å². The number of ether oxygens (including phenoxy) is 2. The normalized spacial score (nSPS) is 13.7. The second-order valence-corrected chi connectivity index (χ2v) is 5.97. The first kappa shape index (κ1) is 18.3. The molecule has 0 N–H and O–H groups in total. The number of methoxy groups -OCH3 is 1. The van der Waals surface area contributed by atoms with E-state index in [1.165, 1.54) is 19.4 Å². The third-order valence-electron chi connectivity index (χ3n) is 3.78. The van der Waals surface area contributed by atoms with Crippen LogP contribution in [0.4, 0.5) is 4.39 Å². The van der Waals surface area contributed by atoms with E-state index >= 15 is 0 Å². The molecule has 0 radical (unpaired) electrons. The van der Waals surface area contributed by atoms with Gasteiger partial charge in [-0.1, -0.05) is 0 Å². The van der Waals surface area contributed by atoms with E-state index in [2.05, 4.69) is 0 Å². The molecule has 2 aromatic rings. The molecule has 0 bridgehead atoms. The maximum atomic E-state index is 13.8. The lowest BCUT2D eigenvalue weighted by molar-refractivity contribution is 0.0375. The highest BCUT2D eigenvalue weighted by atomic mass is 35.5. The summed E-state index contributed by atoms with van der Waals surface area (Å²) >= 11 is 0. The van der Waals surface area contributed by atoms with Crippen molar-refractivity contribution in [2.75, 3.05) is 7.11 Å². The average Bonchev–Trinajstić information content (AvgIpc) is 3.31. The number of fused-ring (bicyclic) bond motifs is 1. The molecule has 0 amide bonds. The molecule has 1 fully saturated rings. The maximum Gasteiger partial charge on any atom is 0.343 e. The third kappa shape index (κ3) is 3.24. The van der Waals surface area contributed by atoms with Crippen LogP contribution < -0.4 is 10.2 Å². The van der Waals surface area contributed by atoms with Crippen molar-refractivity contribution in [3.8, 4) is 5.75 Å². The maximum absolute atomic E-state index is 13.8. The lowest BCUT2D eigenvalue weighted by Gasteiger charge is -2.16. The van der Waals surface area contributed by atoms with Crippen LogP contribution in [0.5, 0.6) is 5.75 Å². The number of hydrogen-bond acceptors (Lipinski definition) is 4. The Balaban J connectivity index is 0.00000208. The Morgan fingerprint density at radius 1 is 1.33 bits per heavy atom. The molecule has 0 saturated heterocycles. The monoisotopic (exact) mass is 355 g/mol. The second kappa shape index (κ2) is 6.81. The number of benzene rings is 1. The lowest BCUT2D eigenvalue weighted by atomic mass is 10.1. The van der Waals surface area contributed by atoms with Crippen molar-refractivity contribution in [1.82, 2.24) is 4.57 Å². The molecule has 1 aliphatic rings. The fraction of sp³-hybridized carbons (Fsp3) is 0.412. The van der Waals surface area contributed by atoms with E-state index in [9.17, 15) is 14.0 Å². The topological polar surface area (TPSA) is 57.5 Å². The first-order valence-corrected chi connectivity index (χ1v) is 7.55. The minimum Gasteiger partial charge on any atom is -0.494 e. The average molecular weight is 356 g/mol. The predicted molar refractivity (Wildman–Crippen MR) is 90.8 cm³/mol. The van der Waals surface area contributed by atoms with Crippen LogP contribution in [0.1, 0.15) is 43.1 Å². The molecule has 1 aliphatic carbocycles. The Bertz CT molecular complexity index is 843. The van der Waals surface area contributed by atoms with E-state index in [4.69, 9.17) is 9.47 Å². The Morgan fingerprint density at radius 2 is 2.00 bits per heavy atom. The summed E-state index contributed by atoms with van der Waals surface area (Å²) in [5.41, 5.74) is -0.103. The van der Waals surface area contributed by atoms with E-state index in [0.717, 1.165) is 18.9 Å². The smallest absolute Gasteiger partial charge is 0.343 e. The standard InChI is InChI=1S/C17H18FNO4.ClH/c1-9(2)23-17(21)13-8-19(11-4-5-11)15-12(16(13)20)6-10(18)7-14(15)22-3;/h6-9,11H,4-5H2,1-3H3;1H. The van der Waals surface area contributed by atoms with Gasteiger partial charge < -0.3 is 14.0 Å². The summed E-state index contributed by atoms with van der Waals surface area (Å²) in [7, 11) is 1.43. The summed E-state index contributed by atoms with van der Waals surface area (Å²) in [6.07, 6.45) is 3.05. The van der Waals surface area contributed by atoms with Crippen LogP contribution in [0.2, 0.25) is 0 Å². The third-order valence-corrected chi connectivity index (χ3v) is 3.78. The number of carbonyl (C=O) groups excluding carboxylic acids is 1. The SMILES string of the molecule is COc1cc(F)cc2c(=O)c(C(=O)OC(C)C)cn(C3CC3)c12.Cl. The molecule has 3 rings (SSSR count). The van der Waals surface area contributed by atoms with Crippen molar-refractivity contribution in [3.05, 3.63) is 39.9 Å². The predicted octanol–water partition coefficient (Wildman–Crippen LogP) is 3.47. The van der Waals surface area contributed by atoms with E-state index in [-0.39, 0.29) is 41.3 Å². The van der Waals surface area contributed by atoms with Gasteiger partial charge in [-0.3, -0.25) is 4.79 Å². The molecule has 1 aromatic heterocycles. The number of carbonyl (C=O) groups is 1. The van der Waals surface area contributed by atoms with Crippen LogP contribution in [-0.2, 0) is 4.74 Å². The van der Waals surface area contributed by atoms with Crippen molar-refractivity contribution in [3.63, 3.8) is 0 Å². The van der Waals surface area contributed by atoms with Crippen molar-refractivity contribution in [2.45, 2.75) is 38.8 Å². The van der Waals surface area contributed by atoms with Gasteiger partial charge in [0.1, 0.15) is 17.1 Å². The largest absolute Gasteiger partial charge is 0.494 e. The van der Waals surface area contributed by atoms with Gasteiger partial charge in [0, 0.05) is 18.3 Å². The molecule has 0 aliphatic heterocycles. The van der Waals surface area contributed by atoms with Crippen LogP contribution in [0.25, 0.3) is 10.9 Å². The van der Waals surface area contributed by atoms with E-state index in [1.807, 2.05) is 4.57 Å². The summed E-state index contributed by atoms with van der Waals surface area (Å²) in [6.45, 7) is 3.42. The van der Waals surface area contributed by atoms with Crippen molar-refractivity contribution < 1.29 is 18.7 Å². The molecule has 0 unspecified atom stereocenters. The molecular weight excluding hydrogens is 337 g/mol. The Hall–Kier alpha value is -2.08. The molecule has 1 aromatic carbocycles. The molecule has 130 valence electrons. The van der Waals surface area contributed by atoms with Gasteiger partial charge in [-0.25, -0.2) is 9.18 Å². The van der Waals surface area contributed by atoms with Gasteiger partial charge in [-0.2, -0.15) is 0 Å². The minimum absolute atomic E-state index is 0. The quantitative estimate of drug-likeness (QED) is 0.788. The zero-order valence-corrected chi connectivity index (χ0v) is 14.5. The summed E-state index contributed by atoms with van der Waals surface area (Å²) in [4.78, 5) is 24.8. The van der Waals surface area contributed by atoms with Gasteiger partial charge in [-0.05, 0) is 32.8 Å². The van der Waals surface area contributed by atoms with Crippen molar-refractivity contribution in [2.24, 2.45) is 0 Å². The summed E-state index contributed by atoms with van der Waals surface area (Å²) in [6, 6.07) is 2.57. The van der Waals surface area contributed by atoms with Gasteiger partial charge in [0.2, 0.25) is 5.43 Å². The molecular formula is C17H19ClFNO4. The zero-order valence-electron chi connectivity index (χ0n) is 13.7. The van der Waals surface area contributed by atoms with Crippen molar-refractivity contribution in [1.29, 1.82) is 0 Å². The molecule has 5 nitrogen and oxygen atoms in total. The molecule has 1 saturated carbocycles. The number of halogens is 2. The Morgan fingerprint density at radius 3 is 2.54 bits per heavy atom. The van der Waals surface area contributed by atoms with Gasteiger partial charge >= 0.3 is 5.97 Å². The number of pyridine rings is 1. The molecule has 0 atom stereocenters. The number of aromatic nitrogens is 1. The highest BCUT2D eigenvalue weighted by molar-refractivity contribution is 5.95. The van der Waals surface area contributed by atoms with E-state index in [0.29, 0.717) is 5.52 Å². The fourth-order valence-corrected chi connectivity index (χ4v) is 2.64. The highest BCUT2D eigenvalue weighted by Gasteiger charge is 2.29. The van der Waals surface area contributed by atoms with Crippen LogP contribution >= 0.6 is 12.4 Å². The number of hydrogen-bond donors (Lipinski definition) is 0. The minimum atomic E-state index is -0.690. The first-order valence-electron chi connectivity index (χ1n) is 7.55. The van der Waals surface area contributed by atoms with Gasteiger partial charge in [0.05, 0.1) is 24.1 Å². The highest BCUT2D eigenvalue weighted by Crippen LogP contribution is 2.39. The first-order chi connectivity index (χ1) is 10.9.